The summed E-state index contributed by atoms with van der Waals surface area (Å²) in [6, 6.07) is 4.00. The van der Waals surface area contributed by atoms with Crippen LogP contribution in [-0.4, -0.2) is 4.98 Å². The van der Waals surface area contributed by atoms with Gasteiger partial charge in [-0.15, -0.1) is 0 Å². The molecule has 0 fully saturated rings. The topological polar surface area (TPSA) is 38.9 Å². The average Bonchev–Trinajstić information content (AvgIpc) is 1.88. The molecule has 0 spiro atoms. The van der Waals surface area contributed by atoms with E-state index in [9.17, 15) is 0 Å². The Kier molecular flexibility index (Phi) is 2.62. The van der Waals surface area contributed by atoms with Crippen molar-refractivity contribution in [2.45, 2.75) is 13.0 Å². The first-order chi connectivity index (χ1) is 4.70. The molecule has 1 aromatic heterocycles. The van der Waals surface area contributed by atoms with Gasteiger partial charge in [-0.1, -0.05) is 0 Å². The number of hydrogen-bond acceptors (Lipinski definition) is 2. The van der Waals surface area contributed by atoms with E-state index < -0.39 is 0 Å². The van der Waals surface area contributed by atoms with Crippen LogP contribution in [0.2, 0.25) is 0 Å². The molecule has 0 aromatic carbocycles. The van der Waals surface area contributed by atoms with Gasteiger partial charge in [0.25, 0.3) is 0 Å². The minimum absolute atomic E-state index is 0.0389. The standard InChI is InChI=1S/C7H9IN2/c1-5(9)7-3-2-6(8)4-10-7/h2-5H,9H2,1H3/t5-/m0/s1. The number of hydrogen-bond donors (Lipinski definition) is 1. The van der Waals surface area contributed by atoms with Crippen molar-refractivity contribution in [2.24, 2.45) is 5.73 Å². The summed E-state index contributed by atoms with van der Waals surface area (Å²) >= 11 is 2.22. The Labute approximate surface area is 74.0 Å². The summed E-state index contributed by atoms with van der Waals surface area (Å²) in [4.78, 5) is 4.15. The second kappa shape index (κ2) is 3.30. The second-order valence-corrected chi connectivity index (χ2v) is 3.44. The van der Waals surface area contributed by atoms with Crippen LogP contribution in [-0.2, 0) is 0 Å². The van der Waals surface area contributed by atoms with Gasteiger partial charge < -0.3 is 5.73 Å². The van der Waals surface area contributed by atoms with Crippen LogP contribution in [0.25, 0.3) is 0 Å². The molecule has 0 saturated heterocycles. The Balaban J connectivity index is 2.89. The highest BCUT2D eigenvalue weighted by molar-refractivity contribution is 14.1. The zero-order valence-electron chi connectivity index (χ0n) is 5.71. The first-order valence-electron chi connectivity index (χ1n) is 3.07. The summed E-state index contributed by atoms with van der Waals surface area (Å²) in [5, 5.41) is 0. The normalized spacial score (nSPS) is 13.1. The summed E-state index contributed by atoms with van der Waals surface area (Å²) < 4.78 is 1.14. The first kappa shape index (κ1) is 7.94. The molecule has 0 aliphatic rings. The van der Waals surface area contributed by atoms with Crippen molar-refractivity contribution in [1.82, 2.24) is 4.98 Å². The number of rotatable bonds is 1. The number of pyridine rings is 1. The predicted octanol–water partition coefficient (Wildman–Crippen LogP) is 1.71. The van der Waals surface area contributed by atoms with Crippen LogP contribution in [0, 0.1) is 3.57 Å². The lowest BCUT2D eigenvalue weighted by Gasteiger charge is -2.02. The summed E-state index contributed by atoms with van der Waals surface area (Å²) in [5.74, 6) is 0. The molecule has 2 nitrogen and oxygen atoms in total. The monoisotopic (exact) mass is 248 g/mol. The molecule has 0 saturated carbocycles. The van der Waals surface area contributed by atoms with Gasteiger partial charge in [-0.05, 0) is 41.6 Å². The average molecular weight is 248 g/mol. The van der Waals surface area contributed by atoms with Crippen molar-refractivity contribution in [3.63, 3.8) is 0 Å². The lowest BCUT2D eigenvalue weighted by Crippen LogP contribution is -2.06. The van der Waals surface area contributed by atoms with Crippen LogP contribution in [0.5, 0.6) is 0 Å². The summed E-state index contributed by atoms with van der Waals surface area (Å²) in [6.07, 6.45) is 1.82. The fraction of sp³-hybridized carbons (Fsp3) is 0.286. The third-order valence-electron chi connectivity index (χ3n) is 1.22. The number of nitrogens with zero attached hydrogens (tertiary/aromatic N) is 1. The highest BCUT2D eigenvalue weighted by atomic mass is 127. The van der Waals surface area contributed by atoms with Crippen molar-refractivity contribution >= 4 is 22.6 Å². The largest absolute Gasteiger partial charge is 0.323 e. The van der Waals surface area contributed by atoms with Crippen molar-refractivity contribution in [3.8, 4) is 0 Å². The third-order valence-corrected chi connectivity index (χ3v) is 1.85. The number of nitrogens with two attached hydrogens (primary N) is 1. The molecule has 1 atom stereocenters. The molecule has 1 rings (SSSR count). The predicted molar refractivity (Wildman–Crippen MR) is 49.6 cm³/mol. The molecular weight excluding hydrogens is 239 g/mol. The van der Waals surface area contributed by atoms with E-state index in [2.05, 4.69) is 27.6 Å². The fourth-order valence-corrected chi connectivity index (χ4v) is 0.976. The first-order valence-corrected chi connectivity index (χ1v) is 4.15. The van der Waals surface area contributed by atoms with Crippen LogP contribution in [0.1, 0.15) is 18.7 Å². The van der Waals surface area contributed by atoms with Gasteiger partial charge in [0.05, 0.1) is 5.69 Å². The zero-order chi connectivity index (χ0) is 7.56. The minimum Gasteiger partial charge on any atom is -0.323 e. The summed E-state index contributed by atoms with van der Waals surface area (Å²) in [7, 11) is 0. The molecule has 1 aromatic rings. The lowest BCUT2D eigenvalue weighted by molar-refractivity contribution is 0.780. The maximum absolute atomic E-state index is 5.60. The maximum atomic E-state index is 5.60. The molecule has 0 aliphatic heterocycles. The molecule has 0 bridgehead atoms. The molecule has 3 heteroatoms. The van der Waals surface area contributed by atoms with Crippen molar-refractivity contribution in [1.29, 1.82) is 0 Å². The van der Waals surface area contributed by atoms with Crippen molar-refractivity contribution in [2.75, 3.05) is 0 Å². The summed E-state index contributed by atoms with van der Waals surface area (Å²) in [6.45, 7) is 1.93. The third kappa shape index (κ3) is 1.91. The van der Waals surface area contributed by atoms with Gasteiger partial charge in [0.2, 0.25) is 0 Å². The number of aromatic nitrogens is 1. The quantitative estimate of drug-likeness (QED) is 0.768. The van der Waals surface area contributed by atoms with E-state index in [0.717, 1.165) is 9.26 Å². The Hall–Kier alpha value is -0.160. The fourth-order valence-electron chi connectivity index (χ4n) is 0.657. The molecule has 0 unspecified atom stereocenters. The molecule has 10 heavy (non-hydrogen) atoms. The van der Waals surface area contributed by atoms with Crippen LogP contribution in [0.3, 0.4) is 0 Å². The Bertz CT molecular complexity index is 205. The van der Waals surface area contributed by atoms with Crippen LogP contribution >= 0.6 is 22.6 Å². The van der Waals surface area contributed by atoms with E-state index >= 15 is 0 Å². The lowest BCUT2D eigenvalue weighted by atomic mass is 10.2. The Morgan fingerprint density at radius 1 is 1.60 bits per heavy atom. The zero-order valence-corrected chi connectivity index (χ0v) is 7.87. The molecule has 54 valence electrons. The highest BCUT2D eigenvalue weighted by Gasteiger charge is 1.97. The van der Waals surface area contributed by atoms with E-state index in [4.69, 9.17) is 5.73 Å². The van der Waals surface area contributed by atoms with Crippen molar-refractivity contribution < 1.29 is 0 Å². The van der Waals surface area contributed by atoms with Gasteiger partial charge in [0.1, 0.15) is 0 Å². The van der Waals surface area contributed by atoms with E-state index in [1.54, 1.807) is 0 Å². The molecule has 0 radical (unpaired) electrons. The summed E-state index contributed by atoms with van der Waals surface area (Å²) in [5.41, 5.74) is 6.54. The van der Waals surface area contributed by atoms with Gasteiger partial charge in [0.15, 0.2) is 0 Å². The van der Waals surface area contributed by atoms with E-state index in [1.807, 2.05) is 25.3 Å². The Morgan fingerprint density at radius 2 is 2.30 bits per heavy atom. The molecule has 0 aliphatic carbocycles. The van der Waals surface area contributed by atoms with Gasteiger partial charge >= 0.3 is 0 Å². The molecule has 1 heterocycles. The van der Waals surface area contributed by atoms with E-state index in [0.29, 0.717) is 0 Å². The van der Waals surface area contributed by atoms with E-state index in [-0.39, 0.29) is 6.04 Å². The smallest absolute Gasteiger partial charge is 0.0568 e. The SMILES string of the molecule is C[C@H](N)c1ccc(I)cn1. The van der Waals surface area contributed by atoms with Gasteiger partial charge in [-0.3, -0.25) is 4.98 Å². The van der Waals surface area contributed by atoms with Crippen LogP contribution in [0.4, 0.5) is 0 Å². The Morgan fingerprint density at radius 3 is 2.70 bits per heavy atom. The molecule has 2 N–H and O–H groups in total. The molecular formula is C7H9IN2. The second-order valence-electron chi connectivity index (χ2n) is 2.19. The van der Waals surface area contributed by atoms with Crippen molar-refractivity contribution in [3.05, 3.63) is 27.6 Å². The maximum Gasteiger partial charge on any atom is 0.0568 e. The molecule has 0 amide bonds. The van der Waals surface area contributed by atoms with Gasteiger partial charge in [0, 0.05) is 15.8 Å². The van der Waals surface area contributed by atoms with Crippen LogP contribution < -0.4 is 5.73 Å². The number of halogens is 1. The van der Waals surface area contributed by atoms with Crippen LogP contribution in [0.15, 0.2) is 18.3 Å². The van der Waals surface area contributed by atoms with E-state index in [1.165, 1.54) is 0 Å². The van der Waals surface area contributed by atoms with Gasteiger partial charge in [-0.2, -0.15) is 0 Å². The highest BCUT2D eigenvalue weighted by Crippen LogP contribution is 2.07. The minimum atomic E-state index is 0.0389. The van der Waals surface area contributed by atoms with Gasteiger partial charge in [-0.25, -0.2) is 0 Å².